The summed E-state index contributed by atoms with van der Waals surface area (Å²) in [6.45, 7) is 8.10. The Labute approximate surface area is 160 Å². The van der Waals surface area contributed by atoms with Gasteiger partial charge in [-0.15, -0.1) is 0 Å². The second-order valence-corrected chi connectivity index (χ2v) is 7.51. The third-order valence-corrected chi connectivity index (χ3v) is 5.43. The van der Waals surface area contributed by atoms with Gasteiger partial charge >= 0.3 is 0 Å². The van der Waals surface area contributed by atoms with Crippen molar-refractivity contribution < 1.29 is 14.3 Å². The Kier molecular flexibility index (Phi) is 5.16. The van der Waals surface area contributed by atoms with Crippen LogP contribution in [0.5, 0.6) is 11.5 Å². The Morgan fingerprint density at radius 3 is 3.00 bits per heavy atom. The van der Waals surface area contributed by atoms with Crippen molar-refractivity contribution in [2.45, 2.75) is 46.2 Å². The van der Waals surface area contributed by atoms with Crippen molar-refractivity contribution in [1.82, 2.24) is 14.7 Å². The molecule has 6 nitrogen and oxygen atoms in total. The number of benzene rings is 1. The molecule has 144 valence electrons. The van der Waals surface area contributed by atoms with Crippen molar-refractivity contribution in [3.63, 3.8) is 0 Å². The van der Waals surface area contributed by atoms with Gasteiger partial charge in [0.2, 0.25) is 6.79 Å². The first kappa shape index (κ1) is 18.0. The third-order valence-electron chi connectivity index (χ3n) is 5.43. The Bertz CT molecular complexity index is 830. The van der Waals surface area contributed by atoms with Gasteiger partial charge in [-0.05, 0) is 50.9 Å². The maximum atomic E-state index is 13.0. The molecule has 2 aromatic rings. The quantitative estimate of drug-likeness (QED) is 0.730. The van der Waals surface area contributed by atoms with E-state index >= 15 is 0 Å². The highest BCUT2D eigenvalue weighted by Crippen LogP contribution is 2.34. The minimum absolute atomic E-state index is 0.0325. The second kappa shape index (κ2) is 7.72. The molecule has 0 aliphatic carbocycles. The molecule has 0 amide bonds. The van der Waals surface area contributed by atoms with Crippen LogP contribution in [0.15, 0.2) is 24.4 Å². The minimum atomic E-state index is 0.0325. The monoisotopic (exact) mass is 369 g/mol. The standard InChI is InChI=1S/C21H27N3O3/c1-3-8-24-13-18(15(2)22-24)12-23-9-4-5-17(11-23)21(25)16-6-7-19-20(10-16)27-14-26-19/h6-7,10,13,17H,3-5,8-9,11-12,14H2,1-2H3/t17-/m1/s1. The van der Waals surface area contributed by atoms with Crippen molar-refractivity contribution in [3.05, 3.63) is 41.2 Å². The first-order valence-electron chi connectivity index (χ1n) is 9.83. The Balaban J connectivity index is 1.42. The number of ketones is 1. The summed E-state index contributed by atoms with van der Waals surface area (Å²) in [6, 6.07) is 5.51. The van der Waals surface area contributed by atoms with Gasteiger partial charge in [-0.25, -0.2) is 0 Å². The molecule has 0 unspecified atom stereocenters. The molecule has 6 heteroatoms. The van der Waals surface area contributed by atoms with Gasteiger partial charge in [0.15, 0.2) is 17.3 Å². The first-order chi connectivity index (χ1) is 13.1. The van der Waals surface area contributed by atoms with Crippen LogP contribution in [0.1, 0.15) is 47.8 Å². The predicted molar refractivity (Wildman–Crippen MR) is 102 cm³/mol. The number of nitrogens with zero attached hydrogens (tertiary/aromatic N) is 3. The number of ether oxygens (including phenoxy) is 2. The number of hydrogen-bond acceptors (Lipinski definition) is 5. The molecule has 1 aromatic carbocycles. The average Bonchev–Trinajstić information content (AvgIpc) is 3.27. The Hall–Kier alpha value is -2.34. The van der Waals surface area contributed by atoms with Crippen molar-refractivity contribution >= 4 is 5.78 Å². The molecule has 2 aliphatic heterocycles. The lowest BCUT2D eigenvalue weighted by atomic mass is 9.89. The van der Waals surface area contributed by atoms with E-state index in [2.05, 4.69) is 30.0 Å². The highest BCUT2D eigenvalue weighted by Gasteiger charge is 2.28. The minimum Gasteiger partial charge on any atom is -0.454 e. The van der Waals surface area contributed by atoms with Crippen molar-refractivity contribution in [3.8, 4) is 11.5 Å². The van der Waals surface area contributed by atoms with E-state index in [-0.39, 0.29) is 18.5 Å². The molecule has 0 N–H and O–H groups in total. The molecule has 0 radical (unpaired) electrons. The van der Waals surface area contributed by atoms with Crippen LogP contribution < -0.4 is 9.47 Å². The second-order valence-electron chi connectivity index (χ2n) is 7.51. The molecule has 27 heavy (non-hydrogen) atoms. The van der Waals surface area contributed by atoms with Crippen molar-refractivity contribution in [2.24, 2.45) is 5.92 Å². The lowest BCUT2D eigenvalue weighted by Crippen LogP contribution is -2.38. The summed E-state index contributed by atoms with van der Waals surface area (Å²) in [7, 11) is 0. The number of piperidine rings is 1. The van der Waals surface area contributed by atoms with Crippen LogP contribution in [-0.2, 0) is 13.1 Å². The van der Waals surface area contributed by atoms with Gasteiger partial charge in [0.05, 0.1) is 5.69 Å². The summed E-state index contributed by atoms with van der Waals surface area (Å²) < 4.78 is 12.8. The van der Waals surface area contributed by atoms with Gasteiger partial charge in [-0.3, -0.25) is 14.4 Å². The maximum absolute atomic E-state index is 13.0. The van der Waals surface area contributed by atoms with Crippen LogP contribution in [0.3, 0.4) is 0 Å². The van der Waals surface area contributed by atoms with Crippen LogP contribution in [0, 0.1) is 12.8 Å². The first-order valence-corrected chi connectivity index (χ1v) is 9.83. The number of likely N-dealkylation sites (tertiary alicyclic amines) is 1. The number of rotatable bonds is 6. The van der Waals surface area contributed by atoms with Gasteiger partial charge in [0, 0.05) is 42.9 Å². The highest BCUT2D eigenvalue weighted by molar-refractivity contribution is 5.98. The number of aryl methyl sites for hydroxylation is 2. The van der Waals surface area contributed by atoms with Gasteiger partial charge in [-0.1, -0.05) is 6.92 Å². The fraction of sp³-hybridized carbons (Fsp3) is 0.524. The van der Waals surface area contributed by atoms with E-state index in [0.29, 0.717) is 5.75 Å². The number of aromatic nitrogens is 2. The van der Waals surface area contributed by atoms with Crippen LogP contribution in [-0.4, -0.2) is 40.3 Å². The Morgan fingerprint density at radius 2 is 2.15 bits per heavy atom. The molecule has 4 rings (SSSR count). The molecule has 3 heterocycles. The lowest BCUT2D eigenvalue weighted by molar-refractivity contribution is 0.0811. The summed E-state index contributed by atoms with van der Waals surface area (Å²) in [5, 5.41) is 4.60. The van der Waals surface area contributed by atoms with E-state index in [1.165, 1.54) is 5.56 Å². The Morgan fingerprint density at radius 1 is 1.30 bits per heavy atom. The molecule has 0 bridgehead atoms. The van der Waals surface area contributed by atoms with Crippen LogP contribution >= 0.6 is 0 Å². The highest BCUT2D eigenvalue weighted by atomic mass is 16.7. The molecular weight excluding hydrogens is 342 g/mol. The summed E-state index contributed by atoms with van der Waals surface area (Å²) in [5.41, 5.74) is 3.07. The number of fused-ring (bicyclic) bond motifs is 1. The molecular formula is C21H27N3O3. The van der Waals surface area contributed by atoms with E-state index in [0.717, 1.165) is 62.4 Å². The molecule has 0 spiro atoms. The lowest BCUT2D eigenvalue weighted by Gasteiger charge is -2.31. The van der Waals surface area contributed by atoms with Crippen LogP contribution in [0.2, 0.25) is 0 Å². The van der Waals surface area contributed by atoms with Crippen LogP contribution in [0.25, 0.3) is 0 Å². The van der Waals surface area contributed by atoms with Crippen molar-refractivity contribution in [2.75, 3.05) is 19.9 Å². The molecule has 1 fully saturated rings. The van der Waals surface area contributed by atoms with Gasteiger partial charge < -0.3 is 9.47 Å². The van der Waals surface area contributed by atoms with Crippen molar-refractivity contribution in [1.29, 1.82) is 0 Å². The fourth-order valence-corrected chi connectivity index (χ4v) is 4.00. The summed E-state index contributed by atoms with van der Waals surface area (Å²) >= 11 is 0. The largest absolute Gasteiger partial charge is 0.454 e. The normalized spacial score (nSPS) is 19.4. The van der Waals surface area contributed by atoms with E-state index in [9.17, 15) is 4.79 Å². The zero-order chi connectivity index (χ0) is 18.8. The SMILES string of the molecule is CCCn1cc(CN2CCC[C@@H](C(=O)c3ccc4c(c3)OCO4)C2)c(C)n1. The maximum Gasteiger partial charge on any atom is 0.231 e. The zero-order valence-electron chi connectivity index (χ0n) is 16.1. The van der Waals surface area contributed by atoms with E-state index in [4.69, 9.17) is 9.47 Å². The molecule has 1 saturated heterocycles. The fourth-order valence-electron chi connectivity index (χ4n) is 4.00. The smallest absolute Gasteiger partial charge is 0.231 e. The average molecular weight is 369 g/mol. The number of carbonyl (C=O) groups is 1. The number of carbonyl (C=O) groups excluding carboxylic acids is 1. The topological polar surface area (TPSA) is 56.6 Å². The third kappa shape index (κ3) is 3.86. The number of hydrogen-bond donors (Lipinski definition) is 0. The summed E-state index contributed by atoms with van der Waals surface area (Å²) in [6.07, 6.45) is 5.22. The summed E-state index contributed by atoms with van der Waals surface area (Å²) in [5.74, 6) is 1.63. The van der Waals surface area contributed by atoms with Crippen LogP contribution in [0.4, 0.5) is 0 Å². The molecule has 2 aliphatic rings. The van der Waals surface area contributed by atoms with Gasteiger partial charge in [0.1, 0.15) is 0 Å². The predicted octanol–water partition coefficient (Wildman–Crippen LogP) is 3.43. The van der Waals surface area contributed by atoms with E-state index < -0.39 is 0 Å². The zero-order valence-corrected chi connectivity index (χ0v) is 16.1. The van der Waals surface area contributed by atoms with Gasteiger partial charge in [-0.2, -0.15) is 5.10 Å². The molecule has 1 atom stereocenters. The molecule has 1 aromatic heterocycles. The number of Topliss-reactive ketones (excluding diaryl/α,β-unsaturated/α-hetero) is 1. The van der Waals surface area contributed by atoms with E-state index in [1.54, 1.807) is 0 Å². The molecule has 0 saturated carbocycles. The van der Waals surface area contributed by atoms with Gasteiger partial charge in [0.25, 0.3) is 0 Å². The summed E-state index contributed by atoms with van der Waals surface area (Å²) in [4.78, 5) is 15.4. The van der Waals surface area contributed by atoms with E-state index in [1.807, 2.05) is 22.9 Å².